The summed E-state index contributed by atoms with van der Waals surface area (Å²) in [5.74, 6) is 2.92. The number of rotatable bonds is 2. The highest BCUT2D eigenvalue weighted by Crippen LogP contribution is 2.52. The Balaban J connectivity index is 1.58. The molecule has 2 heterocycles. The molecule has 90 valence electrons. The second-order valence-electron chi connectivity index (χ2n) is 6.07. The third-order valence-corrected chi connectivity index (χ3v) is 4.54. The molecule has 4 rings (SSSR count). The van der Waals surface area contributed by atoms with Gasteiger partial charge in [-0.05, 0) is 50.0 Å². The van der Waals surface area contributed by atoms with E-state index in [0.29, 0.717) is 11.3 Å². The van der Waals surface area contributed by atoms with Crippen LogP contribution in [0, 0.1) is 5.41 Å². The zero-order chi connectivity index (χ0) is 11.3. The van der Waals surface area contributed by atoms with Gasteiger partial charge in [-0.15, -0.1) is 0 Å². The molecule has 3 aliphatic rings. The molecule has 0 bridgehead atoms. The summed E-state index contributed by atoms with van der Waals surface area (Å²) in [5.41, 5.74) is 0.670. The lowest BCUT2D eigenvalue weighted by atomic mass is 9.95. The number of nitrogens with zero attached hydrogens (tertiary/aromatic N) is 3. The van der Waals surface area contributed by atoms with Crippen molar-refractivity contribution in [3.8, 4) is 0 Å². The predicted molar refractivity (Wildman–Crippen MR) is 67.1 cm³/mol. The molecule has 0 amide bonds. The Morgan fingerprint density at radius 2 is 2.12 bits per heavy atom. The van der Waals surface area contributed by atoms with E-state index in [1.54, 1.807) is 0 Å². The molecule has 1 aromatic rings. The second-order valence-corrected chi connectivity index (χ2v) is 6.07. The van der Waals surface area contributed by atoms with Crippen LogP contribution in [0.25, 0.3) is 0 Å². The molecular weight excluding hydrogens is 210 g/mol. The Morgan fingerprint density at radius 3 is 2.88 bits per heavy atom. The summed E-state index contributed by atoms with van der Waals surface area (Å²) in [7, 11) is 0. The minimum absolute atomic E-state index is 0.662. The number of anilines is 1. The molecule has 17 heavy (non-hydrogen) atoms. The number of aromatic nitrogens is 2. The van der Waals surface area contributed by atoms with E-state index in [4.69, 9.17) is 4.98 Å². The third-order valence-electron chi connectivity index (χ3n) is 4.54. The maximum Gasteiger partial charge on any atom is 0.133 e. The van der Waals surface area contributed by atoms with Crippen LogP contribution < -0.4 is 4.90 Å². The zero-order valence-electron chi connectivity index (χ0n) is 10.2. The van der Waals surface area contributed by atoms with Gasteiger partial charge in [-0.3, -0.25) is 0 Å². The van der Waals surface area contributed by atoms with E-state index in [1.807, 2.05) is 6.20 Å². The quantitative estimate of drug-likeness (QED) is 0.780. The third kappa shape index (κ3) is 1.81. The van der Waals surface area contributed by atoms with E-state index in [1.165, 1.54) is 57.4 Å². The molecule has 2 aliphatic carbocycles. The largest absolute Gasteiger partial charge is 0.356 e. The molecular formula is C14H19N3. The van der Waals surface area contributed by atoms with Crippen LogP contribution in [-0.4, -0.2) is 23.1 Å². The normalized spacial score (nSPS) is 26.2. The Labute approximate surface area is 102 Å². The fraction of sp³-hybridized carbons (Fsp3) is 0.714. The van der Waals surface area contributed by atoms with Crippen LogP contribution in [-0.2, 0) is 0 Å². The molecule has 1 spiro atoms. The molecule has 0 radical (unpaired) electrons. The highest BCUT2D eigenvalue weighted by Gasteiger charge is 2.45. The lowest BCUT2D eigenvalue weighted by Crippen LogP contribution is -2.37. The number of hydrogen-bond donors (Lipinski definition) is 0. The topological polar surface area (TPSA) is 29.0 Å². The minimum atomic E-state index is 0.662. The molecule has 1 saturated heterocycles. The lowest BCUT2D eigenvalue weighted by Gasteiger charge is -2.33. The fourth-order valence-electron chi connectivity index (χ4n) is 3.07. The van der Waals surface area contributed by atoms with Crippen molar-refractivity contribution >= 4 is 5.82 Å². The molecule has 3 heteroatoms. The molecule has 2 saturated carbocycles. The maximum atomic E-state index is 4.77. The standard InChI is InChI=1S/C14H19N3/c1-5-14(6-7-14)10-17(9-1)12-4-8-15-13(16-12)11-2-3-11/h4,8,11H,1-3,5-7,9-10H2. The van der Waals surface area contributed by atoms with Gasteiger partial charge in [0.2, 0.25) is 0 Å². The van der Waals surface area contributed by atoms with Crippen LogP contribution in [0.5, 0.6) is 0 Å². The van der Waals surface area contributed by atoms with Crippen LogP contribution in [0.15, 0.2) is 12.3 Å². The summed E-state index contributed by atoms with van der Waals surface area (Å²) < 4.78 is 0. The molecule has 1 aromatic heterocycles. The van der Waals surface area contributed by atoms with Crippen LogP contribution in [0.4, 0.5) is 5.82 Å². The van der Waals surface area contributed by atoms with Gasteiger partial charge >= 0.3 is 0 Å². The lowest BCUT2D eigenvalue weighted by molar-refractivity contribution is 0.393. The van der Waals surface area contributed by atoms with Crippen LogP contribution in [0.3, 0.4) is 0 Å². The van der Waals surface area contributed by atoms with Gasteiger partial charge in [0.05, 0.1) is 0 Å². The first-order valence-corrected chi connectivity index (χ1v) is 6.93. The Kier molecular flexibility index (Phi) is 1.99. The summed E-state index contributed by atoms with van der Waals surface area (Å²) in [4.78, 5) is 11.7. The highest BCUT2D eigenvalue weighted by atomic mass is 15.2. The van der Waals surface area contributed by atoms with E-state index in [0.717, 1.165) is 5.82 Å². The summed E-state index contributed by atoms with van der Waals surface area (Å²) in [6.45, 7) is 2.41. The monoisotopic (exact) mass is 229 g/mol. The van der Waals surface area contributed by atoms with E-state index >= 15 is 0 Å². The first kappa shape index (κ1) is 9.86. The van der Waals surface area contributed by atoms with E-state index in [-0.39, 0.29) is 0 Å². The SMILES string of the molecule is c1cc(N2CCCC3(CC3)C2)nc(C2CC2)n1. The van der Waals surface area contributed by atoms with Crippen molar-refractivity contribution in [2.75, 3.05) is 18.0 Å². The van der Waals surface area contributed by atoms with Gasteiger partial charge in [0.1, 0.15) is 11.6 Å². The Morgan fingerprint density at radius 1 is 1.24 bits per heavy atom. The summed E-state index contributed by atoms with van der Waals surface area (Å²) >= 11 is 0. The highest BCUT2D eigenvalue weighted by molar-refractivity contribution is 5.40. The predicted octanol–water partition coefficient (Wildman–Crippen LogP) is 2.73. The number of piperidine rings is 1. The molecule has 1 aliphatic heterocycles. The van der Waals surface area contributed by atoms with Crippen molar-refractivity contribution < 1.29 is 0 Å². The van der Waals surface area contributed by atoms with Crippen molar-refractivity contribution in [2.45, 2.75) is 44.4 Å². The Bertz CT molecular complexity index is 435. The summed E-state index contributed by atoms with van der Waals surface area (Å²) in [5, 5.41) is 0. The second kappa shape index (κ2) is 3.44. The van der Waals surface area contributed by atoms with Crippen LogP contribution >= 0.6 is 0 Å². The molecule has 0 unspecified atom stereocenters. The van der Waals surface area contributed by atoms with Gasteiger partial charge in [-0.2, -0.15) is 0 Å². The molecule has 3 fully saturated rings. The van der Waals surface area contributed by atoms with Gasteiger partial charge in [-0.1, -0.05) is 0 Å². The first-order valence-electron chi connectivity index (χ1n) is 6.93. The average Bonchev–Trinajstić information content (AvgIpc) is 3.26. The van der Waals surface area contributed by atoms with Gasteiger partial charge < -0.3 is 4.90 Å². The zero-order valence-corrected chi connectivity index (χ0v) is 10.2. The van der Waals surface area contributed by atoms with Gasteiger partial charge in [0.15, 0.2) is 0 Å². The molecule has 0 atom stereocenters. The van der Waals surface area contributed by atoms with Crippen molar-refractivity contribution in [3.05, 3.63) is 18.1 Å². The van der Waals surface area contributed by atoms with Gasteiger partial charge in [-0.25, -0.2) is 9.97 Å². The molecule has 3 nitrogen and oxygen atoms in total. The van der Waals surface area contributed by atoms with Crippen molar-refractivity contribution in [2.24, 2.45) is 5.41 Å². The van der Waals surface area contributed by atoms with Gasteiger partial charge in [0.25, 0.3) is 0 Å². The maximum absolute atomic E-state index is 4.77. The number of hydrogen-bond acceptors (Lipinski definition) is 3. The van der Waals surface area contributed by atoms with Crippen molar-refractivity contribution in [1.29, 1.82) is 0 Å². The molecule has 0 N–H and O–H groups in total. The van der Waals surface area contributed by atoms with Crippen molar-refractivity contribution in [3.63, 3.8) is 0 Å². The first-order chi connectivity index (χ1) is 8.35. The minimum Gasteiger partial charge on any atom is -0.356 e. The van der Waals surface area contributed by atoms with E-state index in [9.17, 15) is 0 Å². The summed E-state index contributed by atoms with van der Waals surface area (Å²) in [6, 6.07) is 2.09. The van der Waals surface area contributed by atoms with Crippen LogP contribution in [0.1, 0.15) is 50.3 Å². The average molecular weight is 229 g/mol. The van der Waals surface area contributed by atoms with Crippen molar-refractivity contribution in [1.82, 2.24) is 9.97 Å². The van der Waals surface area contributed by atoms with Crippen LogP contribution in [0.2, 0.25) is 0 Å². The van der Waals surface area contributed by atoms with Gasteiger partial charge in [0, 0.05) is 25.2 Å². The molecule has 0 aromatic carbocycles. The summed E-state index contributed by atoms with van der Waals surface area (Å²) in [6.07, 6.45) is 10.2. The fourth-order valence-corrected chi connectivity index (χ4v) is 3.07. The van der Waals surface area contributed by atoms with E-state index < -0.39 is 0 Å². The smallest absolute Gasteiger partial charge is 0.133 e. The Hall–Kier alpha value is -1.12. The van der Waals surface area contributed by atoms with E-state index in [2.05, 4.69) is 16.0 Å².